The molecule has 1 aromatic rings. The number of hydrogen-bond acceptors (Lipinski definition) is 3. The lowest BCUT2D eigenvalue weighted by molar-refractivity contribution is 0.576. The standard InChI is InChI=1S/C14H22N2O2S/c1-12-3-2-4-13(11-12)7-8-16-19(17,18)10-9-15-14-5-6-14/h2-4,11,14-16H,5-10H2,1H3. The van der Waals surface area contributed by atoms with Crippen LogP contribution < -0.4 is 10.0 Å². The molecule has 2 N–H and O–H groups in total. The maximum absolute atomic E-state index is 11.7. The molecule has 5 heteroatoms. The Morgan fingerprint density at radius 2 is 2.05 bits per heavy atom. The van der Waals surface area contributed by atoms with Crippen molar-refractivity contribution in [3.05, 3.63) is 35.4 Å². The van der Waals surface area contributed by atoms with Crippen molar-refractivity contribution in [2.75, 3.05) is 18.8 Å². The lowest BCUT2D eigenvalue weighted by atomic mass is 10.1. The van der Waals surface area contributed by atoms with E-state index in [0.29, 0.717) is 19.1 Å². The third-order valence-corrected chi connectivity index (χ3v) is 4.58. The molecule has 1 saturated carbocycles. The Kier molecular flexibility index (Phi) is 4.96. The summed E-state index contributed by atoms with van der Waals surface area (Å²) in [5.41, 5.74) is 2.37. The molecule has 1 fully saturated rings. The van der Waals surface area contributed by atoms with Crippen molar-refractivity contribution in [2.45, 2.75) is 32.2 Å². The SMILES string of the molecule is Cc1cccc(CCNS(=O)(=O)CCNC2CC2)c1. The van der Waals surface area contributed by atoms with Gasteiger partial charge in [-0.25, -0.2) is 13.1 Å². The van der Waals surface area contributed by atoms with Gasteiger partial charge in [0, 0.05) is 19.1 Å². The second-order valence-electron chi connectivity index (χ2n) is 5.18. The maximum atomic E-state index is 11.7. The largest absolute Gasteiger partial charge is 0.313 e. The Bertz CT molecular complexity index is 510. The van der Waals surface area contributed by atoms with Crippen LogP contribution in [0.25, 0.3) is 0 Å². The predicted molar refractivity (Wildman–Crippen MR) is 77.7 cm³/mol. The van der Waals surface area contributed by atoms with Crippen LogP contribution in [-0.4, -0.2) is 33.3 Å². The van der Waals surface area contributed by atoms with Crippen molar-refractivity contribution >= 4 is 10.0 Å². The molecule has 4 nitrogen and oxygen atoms in total. The zero-order chi connectivity index (χ0) is 13.7. The van der Waals surface area contributed by atoms with Crippen molar-refractivity contribution < 1.29 is 8.42 Å². The normalized spacial score (nSPS) is 15.6. The first-order valence-electron chi connectivity index (χ1n) is 6.81. The van der Waals surface area contributed by atoms with Crippen LogP contribution in [0.1, 0.15) is 24.0 Å². The molecule has 0 aliphatic heterocycles. The molecule has 0 aromatic heterocycles. The molecule has 1 aliphatic carbocycles. The summed E-state index contributed by atoms with van der Waals surface area (Å²) < 4.78 is 26.1. The minimum Gasteiger partial charge on any atom is -0.313 e. The Morgan fingerprint density at radius 3 is 2.74 bits per heavy atom. The molecule has 2 rings (SSSR count). The van der Waals surface area contributed by atoms with Gasteiger partial charge >= 0.3 is 0 Å². The monoisotopic (exact) mass is 282 g/mol. The molecular formula is C14H22N2O2S. The van der Waals surface area contributed by atoms with Crippen molar-refractivity contribution in [2.24, 2.45) is 0 Å². The first-order valence-corrected chi connectivity index (χ1v) is 8.47. The van der Waals surface area contributed by atoms with Crippen molar-refractivity contribution in [1.82, 2.24) is 10.0 Å². The summed E-state index contributed by atoms with van der Waals surface area (Å²) in [5, 5.41) is 3.21. The topological polar surface area (TPSA) is 58.2 Å². The van der Waals surface area contributed by atoms with E-state index in [-0.39, 0.29) is 5.75 Å². The fourth-order valence-corrected chi connectivity index (χ4v) is 2.92. The van der Waals surface area contributed by atoms with Gasteiger partial charge in [0.05, 0.1) is 5.75 Å². The van der Waals surface area contributed by atoms with Gasteiger partial charge in [0.1, 0.15) is 0 Å². The Balaban J connectivity index is 1.68. The van der Waals surface area contributed by atoms with Crippen LogP contribution in [-0.2, 0) is 16.4 Å². The number of sulfonamides is 1. The van der Waals surface area contributed by atoms with E-state index in [1.807, 2.05) is 25.1 Å². The first-order chi connectivity index (χ1) is 9.05. The van der Waals surface area contributed by atoms with Gasteiger partial charge in [0.15, 0.2) is 0 Å². The zero-order valence-corrected chi connectivity index (χ0v) is 12.2. The third kappa shape index (κ3) is 5.72. The molecule has 0 spiro atoms. The fourth-order valence-electron chi connectivity index (χ4n) is 1.98. The number of rotatable bonds is 8. The van der Waals surface area contributed by atoms with Crippen LogP contribution in [0.5, 0.6) is 0 Å². The van der Waals surface area contributed by atoms with Crippen molar-refractivity contribution in [3.8, 4) is 0 Å². The number of hydrogen-bond donors (Lipinski definition) is 2. The molecule has 0 bridgehead atoms. The molecule has 106 valence electrons. The number of benzene rings is 1. The second-order valence-corrected chi connectivity index (χ2v) is 7.11. The zero-order valence-electron chi connectivity index (χ0n) is 11.4. The van der Waals surface area contributed by atoms with Crippen molar-refractivity contribution in [3.63, 3.8) is 0 Å². The number of aryl methyl sites for hydroxylation is 1. The van der Waals surface area contributed by atoms with E-state index in [1.54, 1.807) is 0 Å². The summed E-state index contributed by atoms with van der Waals surface area (Å²) in [6, 6.07) is 8.71. The maximum Gasteiger partial charge on any atom is 0.212 e. The van der Waals surface area contributed by atoms with Gasteiger partial charge in [0.25, 0.3) is 0 Å². The van der Waals surface area contributed by atoms with Crippen LogP contribution in [0.4, 0.5) is 0 Å². The molecule has 0 radical (unpaired) electrons. The van der Waals surface area contributed by atoms with E-state index in [9.17, 15) is 8.42 Å². The molecule has 0 heterocycles. The lowest BCUT2D eigenvalue weighted by Crippen LogP contribution is -2.33. The fraction of sp³-hybridized carbons (Fsp3) is 0.571. The Labute approximate surface area is 115 Å². The lowest BCUT2D eigenvalue weighted by Gasteiger charge is -2.07. The van der Waals surface area contributed by atoms with E-state index in [1.165, 1.54) is 24.0 Å². The molecule has 0 amide bonds. The summed E-state index contributed by atoms with van der Waals surface area (Å²) in [6.07, 6.45) is 3.10. The molecule has 19 heavy (non-hydrogen) atoms. The smallest absolute Gasteiger partial charge is 0.212 e. The minimum absolute atomic E-state index is 0.164. The summed E-state index contributed by atoms with van der Waals surface area (Å²) in [6.45, 7) is 3.05. The highest BCUT2D eigenvalue weighted by molar-refractivity contribution is 7.89. The van der Waals surface area contributed by atoms with Gasteiger partial charge < -0.3 is 5.32 Å². The highest BCUT2D eigenvalue weighted by atomic mass is 32.2. The highest BCUT2D eigenvalue weighted by Crippen LogP contribution is 2.17. The van der Waals surface area contributed by atoms with E-state index >= 15 is 0 Å². The number of nitrogens with one attached hydrogen (secondary N) is 2. The predicted octanol–water partition coefficient (Wildman–Crippen LogP) is 1.21. The van der Waals surface area contributed by atoms with Crippen LogP contribution in [0.3, 0.4) is 0 Å². The average Bonchev–Trinajstić information content (AvgIpc) is 3.12. The van der Waals surface area contributed by atoms with Crippen molar-refractivity contribution in [1.29, 1.82) is 0 Å². The summed E-state index contributed by atoms with van der Waals surface area (Å²) >= 11 is 0. The van der Waals surface area contributed by atoms with Crippen LogP contribution in [0.15, 0.2) is 24.3 Å². The third-order valence-electron chi connectivity index (χ3n) is 3.20. The van der Waals surface area contributed by atoms with Gasteiger partial charge in [-0.05, 0) is 31.7 Å². The van der Waals surface area contributed by atoms with Gasteiger partial charge in [-0.2, -0.15) is 0 Å². The summed E-state index contributed by atoms with van der Waals surface area (Å²) in [7, 11) is -3.14. The van der Waals surface area contributed by atoms with Gasteiger partial charge in [-0.15, -0.1) is 0 Å². The summed E-state index contributed by atoms with van der Waals surface area (Å²) in [4.78, 5) is 0. The van der Waals surface area contributed by atoms with E-state index in [4.69, 9.17) is 0 Å². The molecule has 1 aliphatic rings. The molecule has 1 aromatic carbocycles. The second kappa shape index (κ2) is 6.50. The van der Waals surface area contributed by atoms with Crippen LogP contribution in [0.2, 0.25) is 0 Å². The highest BCUT2D eigenvalue weighted by Gasteiger charge is 2.20. The molecule has 0 saturated heterocycles. The van der Waals surface area contributed by atoms with E-state index < -0.39 is 10.0 Å². The van der Waals surface area contributed by atoms with Gasteiger partial charge in [0.2, 0.25) is 10.0 Å². The van der Waals surface area contributed by atoms with Crippen LogP contribution in [0, 0.1) is 6.92 Å². The Hall–Kier alpha value is -0.910. The molecule has 0 unspecified atom stereocenters. The quantitative estimate of drug-likeness (QED) is 0.753. The van der Waals surface area contributed by atoms with E-state index in [0.717, 1.165) is 6.42 Å². The van der Waals surface area contributed by atoms with Gasteiger partial charge in [-0.3, -0.25) is 0 Å². The summed E-state index contributed by atoms with van der Waals surface area (Å²) in [5.74, 6) is 0.164. The van der Waals surface area contributed by atoms with Crippen LogP contribution >= 0.6 is 0 Å². The minimum atomic E-state index is -3.14. The molecular weight excluding hydrogens is 260 g/mol. The first kappa shape index (κ1) is 14.5. The molecule has 0 atom stereocenters. The van der Waals surface area contributed by atoms with Gasteiger partial charge in [-0.1, -0.05) is 29.8 Å². The van der Waals surface area contributed by atoms with E-state index in [2.05, 4.69) is 16.1 Å². The Morgan fingerprint density at radius 1 is 1.26 bits per heavy atom. The average molecular weight is 282 g/mol.